The summed E-state index contributed by atoms with van der Waals surface area (Å²) in [4.78, 5) is 9.60. The number of aliphatic carboxylic acids is 1. The zero-order valence-corrected chi connectivity index (χ0v) is 12.4. The van der Waals surface area contributed by atoms with E-state index < -0.39 is 5.97 Å². The molecule has 0 unspecified atom stereocenters. The fraction of sp³-hybridized carbons (Fsp3) is 0.833. The molecule has 7 aliphatic carbocycles. The smallest absolute Gasteiger partial charge is 0.330 e. The molecule has 0 saturated heterocycles. The second-order valence-electron chi connectivity index (χ2n) is 8.21. The fourth-order valence-electron chi connectivity index (χ4n) is 6.89. The Morgan fingerprint density at radius 2 is 1.00 bits per heavy atom. The lowest BCUT2D eigenvalue weighted by Gasteiger charge is -2.69. The summed E-state index contributed by atoms with van der Waals surface area (Å²) in [6.45, 7) is 4.60. The molecule has 0 heterocycles. The molecule has 0 aromatic heterocycles. The van der Waals surface area contributed by atoms with Crippen molar-refractivity contribution in [1.82, 2.24) is 0 Å². The van der Waals surface area contributed by atoms with Crippen molar-refractivity contribution in [3.8, 4) is 0 Å². The van der Waals surface area contributed by atoms with Gasteiger partial charge in [-0.3, -0.25) is 0 Å². The summed E-state index contributed by atoms with van der Waals surface area (Å²) in [7, 11) is 0. The monoisotopic (exact) mass is 274 g/mol. The molecule has 0 radical (unpaired) electrons. The summed E-state index contributed by atoms with van der Waals surface area (Å²) in [5, 5.41) is 7.89. The first-order valence-electron chi connectivity index (χ1n) is 8.43. The van der Waals surface area contributed by atoms with Crippen LogP contribution in [-0.2, 0) is 4.79 Å². The lowest BCUT2D eigenvalue weighted by Crippen LogP contribution is -2.62. The van der Waals surface area contributed by atoms with E-state index in [1.54, 1.807) is 38.5 Å². The van der Waals surface area contributed by atoms with Gasteiger partial charge in [-0.1, -0.05) is 6.58 Å². The van der Waals surface area contributed by atoms with Gasteiger partial charge in [-0.2, -0.15) is 0 Å². The minimum atomic E-state index is -0.935. The van der Waals surface area contributed by atoms with Crippen molar-refractivity contribution in [2.45, 2.75) is 45.4 Å². The highest BCUT2D eigenvalue weighted by Crippen LogP contribution is 2.71. The van der Waals surface area contributed by atoms with E-state index >= 15 is 0 Å². The van der Waals surface area contributed by atoms with E-state index in [1.165, 1.54) is 54.3 Å². The SMILES string of the molecule is C1C2CC3C4CC5CC(C14)C(C2)C3C5.C=C(C)C(=O)O. The van der Waals surface area contributed by atoms with Gasteiger partial charge in [-0.05, 0) is 92.8 Å². The number of carbonyl (C=O) groups is 1. The molecule has 7 rings (SSSR count). The van der Waals surface area contributed by atoms with Crippen LogP contribution >= 0.6 is 0 Å². The third kappa shape index (κ3) is 1.72. The number of hydrogen-bond acceptors (Lipinski definition) is 1. The molecule has 0 aliphatic heterocycles. The highest BCUT2D eigenvalue weighted by Gasteiger charge is 2.63. The summed E-state index contributed by atoms with van der Waals surface area (Å²) >= 11 is 0. The summed E-state index contributed by atoms with van der Waals surface area (Å²) in [5.74, 6) is 8.80. The van der Waals surface area contributed by atoms with Crippen molar-refractivity contribution in [3.05, 3.63) is 12.2 Å². The number of carboxylic acids is 1. The molecular weight excluding hydrogens is 248 g/mol. The van der Waals surface area contributed by atoms with E-state index in [1.807, 2.05) is 0 Å². The van der Waals surface area contributed by atoms with Gasteiger partial charge in [-0.15, -0.1) is 0 Å². The number of rotatable bonds is 1. The summed E-state index contributed by atoms with van der Waals surface area (Å²) < 4.78 is 0. The van der Waals surface area contributed by atoms with Gasteiger partial charge < -0.3 is 5.11 Å². The van der Waals surface area contributed by atoms with E-state index in [2.05, 4.69) is 6.58 Å². The second kappa shape index (κ2) is 4.35. The Morgan fingerprint density at radius 3 is 1.15 bits per heavy atom. The largest absolute Gasteiger partial charge is 0.478 e. The number of carboxylic acid groups (broad SMARTS) is 1. The molecule has 110 valence electrons. The summed E-state index contributed by atoms with van der Waals surface area (Å²) in [6.07, 6.45) is 9.93. The van der Waals surface area contributed by atoms with Crippen LogP contribution in [0.4, 0.5) is 0 Å². The molecule has 7 saturated carbocycles. The van der Waals surface area contributed by atoms with E-state index in [0.717, 1.165) is 0 Å². The topological polar surface area (TPSA) is 37.3 Å². The quantitative estimate of drug-likeness (QED) is 0.735. The van der Waals surface area contributed by atoms with Crippen LogP contribution in [0.25, 0.3) is 0 Å². The van der Waals surface area contributed by atoms with Gasteiger partial charge in [0.1, 0.15) is 0 Å². The molecule has 0 aromatic rings. The Hall–Kier alpha value is -0.790. The molecular formula is C18H26O2. The van der Waals surface area contributed by atoms with E-state index in [-0.39, 0.29) is 5.57 Å². The Kier molecular flexibility index (Phi) is 2.81. The lowest BCUT2D eigenvalue weighted by atomic mass is 9.36. The van der Waals surface area contributed by atoms with Gasteiger partial charge in [0, 0.05) is 5.57 Å². The van der Waals surface area contributed by atoms with Crippen LogP contribution in [-0.4, -0.2) is 11.1 Å². The zero-order valence-electron chi connectivity index (χ0n) is 12.4. The number of hydrogen-bond donors (Lipinski definition) is 1. The fourth-order valence-corrected chi connectivity index (χ4v) is 6.89. The van der Waals surface area contributed by atoms with Crippen LogP contribution in [0, 0.1) is 47.3 Å². The maximum Gasteiger partial charge on any atom is 0.330 e. The first-order chi connectivity index (χ1) is 9.54. The molecule has 0 aromatic carbocycles. The maximum absolute atomic E-state index is 9.60. The molecule has 0 amide bonds. The Balaban J connectivity index is 0.000000154. The molecule has 0 spiro atoms. The minimum absolute atomic E-state index is 0.176. The van der Waals surface area contributed by atoms with Crippen LogP contribution in [0.2, 0.25) is 0 Å². The minimum Gasteiger partial charge on any atom is -0.478 e. The molecule has 8 bridgehead atoms. The van der Waals surface area contributed by atoms with Gasteiger partial charge in [0.2, 0.25) is 0 Å². The second-order valence-corrected chi connectivity index (χ2v) is 8.21. The first kappa shape index (κ1) is 12.9. The molecule has 20 heavy (non-hydrogen) atoms. The van der Waals surface area contributed by atoms with Crippen molar-refractivity contribution in [1.29, 1.82) is 0 Å². The molecule has 7 fully saturated rings. The Labute approximate surface area is 121 Å². The van der Waals surface area contributed by atoms with E-state index in [9.17, 15) is 4.79 Å². The Morgan fingerprint density at radius 1 is 0.800 bits per heavy atom. The van der Waals surface area contributed by atoms with Crippen molar-refractivity contribution < 1.29 is 9.90 Å². The van der Waals surface area contributed by atoms with Gasteiger partial charge in [0.15, 0.2) is 0 Å². The molecule has 1 N–H and O–H groups in total. The predicted octanol–water partition coefficient (Wildman–Crippen LogP) is 3.97. The van der Waals surface area contributed by atoms with Crippen molar-refractivity contribution in [2.75, 3.05) is 0 Å². The van der Waals surface area contributed by atoms with Gasteiger partial charge in [0.25, 0.3) is 0 Å². The molecule has 7 aliphatic rings. The average Bonchev–Trinajstić information content (AvgIpc) is 2.44. The van der Waals surface area contributed by atoms with Crippen LogP contribution in [0.1, 0.15) is 45.4 Å². The van der Waals surface area contributed by atoms with Crippen LogP contribution in [0.15, 0.2) is 12.2 Å². The summed E-state index contributed by atoms with van der Waals surface area (Å²) in [6, 6.07) is 0. The van der Waals surface area contributed by atoms with Crippen LogP contribution < -0.4 is 0 Å². The van der Waals surface area contributed by atoms with Gasteiger partial charge in [-0.25, -0.2) is 4.79 Å². The van der Waals surface area contributed by atoms with Crippen LogP contribution in [0.3, 0.4) is 0 Å². The first-order valence-corrected chi connectivity index (χ1v) is 8.43. The standard InChI is InChI=1S/C14H20.C4H6O2/c1-7-2-12-10-4-8-5-11(9(1)10)13(3-7)14(12)6-8;1-3(2)4(5)6/h7-14H,1-6H2;1H2,2H3,(H,5,6). The van der Waals surface area contributed by atoms with Gasteiger partial charge >= 0.3 is 5.97 Å². The highest BCUT2D eigenvalue weighted by atomic mass is 16.4. The maximum atomic E-state index is 9.60. The average molecular weight is 274 g/mol. The lowest BCUT2D eigenvalue weighted by molar-refractivity contribution is -0.202. The normalized spacial score (nSPS) is 52.6. The summed E-state index contributed by atoms with van der Waals surface area (Å²) in [5.41, 5.74) is 0.176. The third-order valence-electron chi connectivity index (χ3n) is 7.30. The van der Waals surface area contributed by atoms with Crippen molar-refractivity contribution in [2.24, 2.45) is 47.3 Å². The Bertz CT molecular complexity index is 353. The van der Waals surface area contributed by atoms with Gasteiger partial charge in [0.05, 0.1) is 0 Å². The van der Waals surface area contributed by atoms with Crippen molar-refractivity contribution in [3.63, 3.8) is 0 Å². The molecule has 2 heteroatoms. The predicted molar refractivity (Wildman–Crippen MR) is 78.1 cm³/mol. The van der Waals surface area contributed by atoms with Crippen LogP contribution in [0.5, 0.6) is 0 Å². The molecule has 2 nitrogen and oxygen atoms in total. The van der Waals surface area contributed by atoms with E-state index in [4.69, 9.17) is 5.11 Å². The zero-order chi connectivity index (χ0) is 14.0. The highest BCUT2D eigenvalue weighted by molar-refractivity contribution is 5.84. The molecule has 0 atom stereocenters. The van der Waals surface area contributed by atoms with E-state index in [0.29, 0.717) is 0 Å². The van der Waals surface area contributed by atoms with Crippen molar-refractivity contribution >= 4 is 5.97 Å². The third-order valence-corrected chi connectivity index (χ3v) is 7.30.